The van der Waals surface area contributed by atoms with E-state index in [0.717, 1.165) is 31.2 Å². The molecule has 9 heteroatoms. The Morgan fingerprint density at radius 3 is 2.28 bits per heavy atom. The third-order valence-corrected chi connectivity index (χ3v) is 8.71. The van der Waals surface area contributed by atoms with Gasteiger partial charge in [0, 0.05) is 18.0 Å². The Balaban J connectivity index is 1.30. The molecule has 2 aliphatic carbocycles. The molecule has 0 radical (unpaired) electrons. The minimum atomic E-state index is -3.75. The van der Waals surface area contributed by atoms with Crippen LogP contribution in [-0.4, -0.2) is 33.6 Å². The zero-order valence-corrected chi connectivity index (χ0v) is 21.7. The predicted octanol–water partition coefficient (Wildman–Crippen LogP) is 4.87. The summed E-state index contributed by atoms with van der Waals surface area (Å²) in [6.45, 7) is 1.86. The lowest BCUT2D eigenvalue weighted by Crippen LogP contribution is -2.41. The predicted molar refractivity (Wildman–Crippen MR) is 135 cm³/mol. The van der Waals surface area contributed by atoms with Gasteiger partial charge in [0.1, 0.15) is 5.82 Å². The zero-order chi connectivity index (χ0) is 25.7. The molecule has 2 aromatic carbocycles. The van der Waals surface area contributed by atoms with E-state index in [2.05, 4.69) is 10.0 Å². The number of amides is 1. The van der Waals surface area contributed by atoms with Gasteiger partial charge in [0.15, 0.2) is 11.5 Å². The molecule has 0 spiro atoms. The summed E-state index contributed by atoms with van der Waals surface area (Å²) in [7, 11) is -2.25. The van der Waals surface area contributed by atoms with Gasteiger partial charge in [-0.05, 0) is 88.1 Å². The SMILES string of the molecule is COc1cc(S(=O)(=O)NC2CCC(C(=O)N[C@H](C)c3ccc(F)cc3)CC2)ccc1OC1CCCC1. The lowest BCUT2D eigenvalue weighted by molar-refractivity contribution is -0.126. The number of halogens is 1. The van der Waals surface area contributed by atoms with E-state index in [1.165, 1.54) is 25.3 Å². The molecule has 36 heavy (non-hydrogen) atoms. The maximum atomic E-state index is 13.1. The Morgan fingerprint density at radius 1 is 0.972 bits per heavy atom. The van der Waals surface area contributed by atoms with Gasteiger partial charge in [-0.25, -0.2) is 17.5 Å². The summed E-state index contributed by atoms with van der Waals surface area (Å²) >= 11 is 0. The molecule has 4 rings (SSSR count). The van der Waals surface area contributed by atoms with Crippen LogP contribution in [0, 0.1) is 11.7 Å². The van der Waals surface area contributed by atoms with E-state index in [4.69, 9.17) is 9.47 Å². The van der Waals surface area contributed by atoms with Crippen LogP contribution in [0.25, 0.3) is 0 Å². The standard InChI is InChI=1S/C27H35FN2O5S/c1-18(19-7-11-21(28)12-8-19)29-27(31)20-9-13-22(14-10-20)30-36(32,33)24-15-16-25(26(17-24)34-2)35-23-5-3-4-6-23/h7-8,11-12,15-18,20,22-23,30H,3-6,9-10,13-14H2,1-2H3,(H,29,31)/t18-,20?,22?/m1/s1. The molecule has 196 valence electrons. The van der Waals surface area contributed by atoms with E-state index in [1.54, 1.807) is 24.3 Å². The van der Waals surface area contributed by atoms with Crippen LogP contribution in [0.4, 0.5) is 4.39 Å². The maximum Gasteiger partial charge on any atom is 0.240 e. The van der Waals surface area contributed by atoms with Crippen LogP contribution < -0.4 is 19.5 Å². The van der Waals surface area contributed by atoms with Crippen molar-refractivity contribution in [3.05, 3.63) is 53.8 Å². The zero-order valence-electron chi connectivity index (χ0n) is 20.8. The smallest absolute Gasteiger partial charge is 0.240 e. The number of nitrogens with one attached hydrogen (secondary N) is 2. The Labute approximate surface area is 212 Å². The summed E-state index contributed by atoms with van der Waals surface area (Å²) in [6, 6.07) is 10.3. The van der Waals surface area contributed by atoms with Crippen molar-refractivity contribution in [2.75, 3.05) is 7.11 Å². The molecule has 0 unspecified atom stereocenters. The monoisotopic (exact) mass is 518 g/mol. The summed E-state index contributed by atoms with van der Waals surface area (Å²) in [6.07, 6.45) is 6.74. The first kappa shape index (κ1) is 26.4. The first-order valence-corrected chi connectivity index (χ1v) is 14.2. The lowest BCUT2D eigenvalue weighted by atomic mass is 9.85. The third kappa shape index (κ3) is 6.56. The Morgan fingerprint density at radius 2 is 1.64 bits per heavy atom. The number of methoxy groups -OCH3 is 1. The van der Waals surface area contributed by atoms with Crippen LogP contribution >= 0.6 is 0 Å². The fraction of sp³-hybridized carbons (Fsp3) is 0.519. The minimum absolute atomic E-state index is 0.0595. The molecular weight excluding hydrogens is 483 g/mol. The molecule has 0 saturated heterocycles. The van der Waals surface area contributed by atoms with Crippen molar-refractivity contribution in [3.8, 4) is 11.5 Å². The summed E-state index contributed by atoms with van der Waals surface area (Å²) in [5.74, 6) is 0.409. The normalized spacial score (nSPS) is 21.6. The second kappa shape index (κ2) is 11.6. The van der Waals surface area contributed by atoms with Crippen molar-refractivity contribution < 1.29 is 27.1 Å². The maximum absolute atomic E-state index is 13.1. The summed E-state index contributed by atoms with van der Waals surface area (Å²) < 4.78 is 53.5. The number of benzene rings is 2. The molecule has 0 heterocycles. The number of carbonyl (C=O) groups is 1. The van der Waals surface area contributed by atoms with E-state index in [1.807, 2.05) is 6.92 Å². The molecule has 1 atom stereocenters. The van der Waals surface area contributed by atoms with E-state index in [0.29, 0.717) is 37.2 Å². The molecule has 0 aliphatic heterocycles. The van der Waals surface area contributed by atoms with Crippen molar-refractivity contribution in [2.24, 2.45) is 5.92 Å². The quantitative estimate of drug-likeness (QED) is 0.494. The number of sulfonamides is 1. The van der Waals surface area contributed by atoms with Gasteiger partial charge < -0.3 is 14.8 Å². The lowest BCUT2D eigenvalue weighted by Gasteiger charge is -2.29. The summed E-state index contributed by atoms with van der Waals surface area (Å²) in [5.41, 5.74) is 0.835. The van der Waals surface area contributed by atoms with Crippen LogP contribution in [0.1, 0.15) is 69.9 Å². The van der Waals surface area contributed by atoms with Gasteiger partial charge in [-0.15, -0.1) is 0 Å². The first-order valence-electron chi connectivity index (χ1n) is 12.7. The molecule has 2 saturated carbocycles. The summed E-state index contributed by atoms with van der Waals surface area (Å²) in [4.78, 5) is 12.9. The van der Waals surface area contributed by atoms with Crippen molar-refractivity contribution in [1.29, 1.82) is 0 Å². The van der Waals surface area contributed by atoms with Crippen LogP contribution in [0.5, 0.6) is 11.5 Å². The average molecular weight is 519 g/mol. The van der Waals surface area contributed by atoms with E-state index < -0.39 is 10.0 Å². The third-order valence-electron chi connectivity index (χ3n) is 7.19. The fourth-order valence-corrected chi connectivity index (χ4v) is 6.35. The number of carbonyl (C=O) groups excluding carboxylic acids is 1. The van der Waals surface area contributed by atoms with Crippen molar-refractivity contribution >= 4 is 15.9 Å². The Kier molecular flexibility index (Phi) is 8.51. The van der Waals surface area contributed by atoms with E-state index in [9.17, 15) is 17.6 Å². The van der Waals surface area contributed by atoms with Crippen molar-refractivity contribution in [1.82, 2.24) is 10.0 Å². The topological polar surface area (TPSA) is 93.7 Å². The van der Waals surface area contributed by atoms with Crippen LogP contribution in [-0.2, 0) is 14.8 Å². The van der Waals surface area contributed by atoms with Crippen LogP contribution in [0.15, 0.2) is 47.4 Å². The fourth-order valence-electron chi connectivity index (χ4n) is 5.03. The van der Waals surface area contributed by atoms with Crippen LogP contribution in [0.2, 0.25) is 0 Å². The van der Waals surface area contributed by atoms with Gasteiger partial charge in [-0.1, -0.05) is 12.1 Å². The average Bonchev–Trinajstić information content (AvgIpc) is 3.38. The second-order valence-corrected chi connectivity index (χ2v) is 11.5. The highest BCUT2D eigenvalue weighted by atomic mass is 32.2. The van der Waals surface area contributed by atoms with Crippen LogP contribution in [0.3, 0.4) is 0 Å². The Bertz CT molecular complexity index is 1140. The van der Waals surface area contributed by atoms with Gasteiger partial charge >= 0.3 is 0 Å². The number of hydrogen-bond acceptors (Lipinski definition) is 5. The van der Waals surface area contributed by atoms with Gasteiger partial charge in [-0.2, -0.15) is 0 Å². The highest BCUT2D eigenvalue weighted by Gasteiger charge is 2.30. The molecule has 2 aromatic rings. The highest BCUT2D eigenvalue weighted by Crippen LogP contribution is 2.34. The van der Waals surface area contributed by atoms with Gasteiger partial charge in [0.2, 0.25) is 15.9 Å². The summed E-state index contributed by atoms with van der Waals surface area (Å²) in [5, 5.41) is 2.99. The molecule has 2 N–H and O–H groups in total. The van der Waals surface area contributed by atoms with Gasteiger partial charge in [0.05, 0.1) is 24.2 Å². The largest absolute Gasteiger partial charge is 0.493 e. The number of ether oxygens (including phenoxy) is 2. The first-order chi connectivity index (χ1) is 17.2. The van der Waals surface area contributed by atoms with Crippen molar-refractivity contribution in [2.45, 2.75) is 81.4 Å². The second-order valence-electron chi connectivity index (χ2n) is 9.79. The molecule has 2 fully saturated rings. The van der Waals surface area contributed by atoms with E-state index >= 15 is 0 Å². The number of rotatable bonds is 9. The molecule has 2 aliphatic rings. The van der Waals surface area contributed by atoms with Gasteiger partial charge in [-0.3, -0.25) is 4.79 Å². The van der Waals surface area contributed by atoms with Gasteiger partial charge in [0.25, 0.3) is 0 Å². The molecular formula is C27H35FN2O5S. The molecule has 0 aromatic heterocycles. The van der Waals surface area contributed by atoms with E-state index in [-0.39, 0.29) is 40.7 Å². The highest BCUT2D eigenvalue weighted by molar-refractivity contribution is 7.89. The molecule has 1 amide bonds. The molecule has 7 nitrogen and oxygen atoms in total. The minimum Gasteiger partial charge on any atom is -0.493 e. The van der Waals surface area contributed by atoms with Crippen molar-refractivity contribution in [3.63, 3.8) is 0 Å². The number of hydrogen-bond donors (Lipinski definition) is 2. The molecule has 0 bridgehead atoms. The Hall–Kier alpha value is -2.65.